The van der Waals surface area contributed by atoms with E-state index in [9.17, 15) is 4.79 Å². The van der Waals surface area contributed by atoms with E-state index in [1.54, 1.807) is 13.0 Å². The van der Waals surface area contributed by atoms with Crippen LogP contribution in [-0.2, 0) is 19.0 Å². The van der Waals surface area contributed by atoms with E-state index in [0.717, 1.165) is 0 Å². The second kappa shape index (κ2) is 7.41. The van der Waals surface area contributed by atoms with Crippen LogP contribution in [0.4, 0.5) is 0 Å². The van der Waals surface area contributed by atoms with Gasteiger partial charge in [-0.3, -0.25) is 0 Å². The number of hydrogen-bond donors (Lipinski definition) is 0. The van der Waals surface area contributed by atoms with Crippen LogP contribution in [0.2, 0.25) is 0 Å². The monoisotopic (exact) mass is 230 g/mol. The Balaban J connectivity index is 3.57. The second-order valence-corrected chi connectivity index (χ2v) is 4.41. The average molecular weight is 230 g/mol. The average Bonchev–Trinajstić information content (AvgIpc) is 2.20. The molecule has 0 radical (unpaired) electrons. The van der Waals surface area contributed by atoms with Crippen LogP contribution in [0, 0.1) is 0 Å². The van der Waals surface area contributed by atoms with Crippen molar-refractivity contribution in [1.29, 1.82) is 0 Å². The Morgan fingerprint density at radius 2 is 1.88 bits per heavy atom. The normalized spacial score (nSPS) is 12.7. The van der Waals surface area contributed by atoms with Crippen molar-refractivity contribution in [2.75, 3.05) is 26.9 Å². The quantitative estimate of drug-likeness (QED) is 0.397. The van der Waals surface area contributed by atoms with Gasteiger partial charge in [0.05, 0.1) is 32.5 Å². The molecule has 0 saturated carbocycles. The molecule has 0 aromatic rings. The highest BCUT2D eigenvalue weighted by molar-refractivity contribution is 5.87. The van der Waals surface area contributed by atoms with E-state index in [1.165, 1.54) is 7.11 Å². The molecule has 0 aromatic heterocycles. The molecule has 0 bridgehead atoms. The van der Waals surface area contributed by atoms with Gasteiger partial charge in [-0.05, 0) is 33.8 Å². The highest BCUT2D eigenvalue weighted by atomic mass is 16.5. The minimum Gasteiger partial charge on any atom is -0.466 e. The van der Waals surface area contributed by atoms with Gasteiger partial charge in [-0.15, -0.1) is 0 Å². The summed E-state index contributed by atoms with van der Waals surface area (Å²) in [7, 11) is 1.36. The Bertz CT molecular complexity index is 238. The van der Waals surface area contributed by atoms with Crippen LogP contribution in [0.15, 0.2) is 11.6 Å². The lowest BCUT2D eigenvalue weighted by atomic mass is 10.2. The molecular weight excluding hydrogens is 208 g/mol. The molecule has 4 heteroatoms. The van der Waals surface area contributed by atoms with Crippen molar-refractivity contribution in [3.63, 3.8) is 0 Å². The van der Waals surface area contributed by atoms with E-state index in [1.807, 2.05) is 20.8 Å². The van der Waals surface area contributed by atoms with Crippen molar-refractivity contribution in [2.24, 2.45) is 0 Å². The molecule has 0 N–H and O–H groups in total. The second-order valence-electron chi connectivity index (χ2n) is 4.41. The van der Waals surface area contributed by atoms with Crippen LogP contribution in [-0.4, -0.2) is 38.5 Å². The molecule has 0 aliphatic heterocycles. The number of ether oxygens (including phenoxy) is 3. The lowest BCUT2D eigenvalue weighted by Gasteiger charge is -2.19. The maximum absolute atomic E-state index is 11.0. The van der Waals surface area contributed by atoms with Crippen LogP contribution in [0.5, 0.6) is 0 Å². The minimum absolute atomic E-state index is 0.138. The number of rotatable bonds is 6. The molecule has 0 atom stereocenters. The van der Waals surface area contributed by atoms with Gasteiger partial charge >= 0.3 is 5.97 Å². The van der Waals surface area contributed by atoms with Gasteiger partial charge in [-0.25, -0.2) is 4.79 Å². The van der Waals surface area contributed by atoms with Crippen LogP contribution < -0.4 is 0 Å². The molecule has 94 valence electrons. The SMILES string of the molecule is COC(=O)C(C)=CCOCCOC(C)(C)C. The lowest BCUT2D eigenvalue weighted by Crippen LogP contribution is -2.21. The molecule has 0 heterocycles. The number of carbonyl (C=O) groups excluding carboxylic acids is 1. The molecule has 0 fully saturated rings. The Labute approximate surface area is 97.6 Å². The fourth-order valence-electron chi connectivity index (χ4n) is 0.918. The number of methoxy groups -OCH3 is 1. The summed E-state index contributed by atoms with van der Waals surface area (Å²) in [5.74, 6) is -0.324. The van der Waals surface area contributed by atoms with E-state index in [-0.39, 0.29) is 11.6 Å². The predicted octanol–water partition coefficient (Wildman–Crippen LogP) is 1.94. The number of esters is 1. The van der Waals surface area contributed by atoms with E-state index in [0.29, 0.717) is 25.4 Å². The first-order valence-electron chi connectivity index (χ1n) is 5.33. The molecular formula is C12H22O4. The summed E-state index contributed by atoms with van der Waals surface area (Å²) in [4.78, 5) is 11.0. The molecule has 0 rings (SSSR count). The molecule has 16 heavy (non-hydrogen) atoms. The highest BCUT2D eigenvalue weighted by Gasteiger charge is 2.08. The first-order valence-corrected chi connectivity index (χ1v) is 5.33. The first-order chi connectivity index (χ1) is 7.37. The highest BCUT2D eigenvalue weighted by Crippen LogP contribution is 2.05. The van der Waals surface area contributed by atoms with Gasteiger partial charge in [-0.2, -0.15) is 0 Å². The van der Waals surface area contributed by atoms with Gasteiger partial charge in [0.1, 0.15) is 0 Å². The van der Waals surface area contributed by atoms with Gasteiger partial charge in [0.15, 0.2) is 0 Å². The predicted molar refractivity (Wildman–Crippen MR) is 62.3 cm³/mol. The Hall–Kier alpha value is -0.870. The summed E-state index contributed by atoms with van der Waals surface area (Å²) >= 11 is 0. The van der Waals surface area contributed by atoms with E-state index < -0.39 is 0 Å². The van der Waals surface area contributed by atoms with Gasteiger partial charge in [-0.1, -0.05) is 0 Å². The molecule has 4 nitrogen and oxygen atoms in total. The summed E-state index contributed by atoms with van der Waals surface area (Å²) in [6.07, 6.45) is 1.70. The summed E-state index contributed by atoms with van der Waals surface area (Å²) in [6.45, 7) is 9.14. The molecule has 0 unspecified atom stereocenters. The smallest absolute Gasteiger partial charge is 0.333 e. The summed E-state index contributed by atoms with van der Waals surface area (Å²) in [6, 6.07) is 0. The van der Waals surface area contributed by atoms with Crippen LogP contribution in [0.3, 0.4) is 0 Å². The van der Waals surface area contributed by atoms with E-state index >= 15 is 0 Å². The largest absolute Gasteiger partial charge is 0.466 e. The van der Waals surface area contributed by atoms with E-state index in [4.69, 9.17) is 9.47 Å². The van der Waals surface area contributed by atoms with Gasteiger partial charge < -0.3 is 14.2 Å². The zero-order valence-electron chi connectivity index (χ0n) is 10.8. The van der Waals surface area contributed by atoms with Gasteiger partial charge in [0.2, 0.25) is 0 Å². The van der Waals surface area contributed by atoms with E-state index in [2.05, 4.69) is 4.74 Å². The third-order valence-corrected chi connectivity index (χ3v) is 1.78. The minimum atomic E-state index is -0.324. The van der Waals surface area contributed by atoms with Gasteiger partial charge in [0.25, 0.3) is 0 Å². The molecule has 0 aliphatic carbocycles. The molecule has 0 aromatic carbocycles. The van der Waals surface area contributed by atoms with Crippen molar-refractivity contribution >= 4 is 5.97 Å². The number of hydrogen-bond acceptors (Lipinski definition) is 4. The maximum atomic E-state index is 11.0. The van der Waals surface area contributed by atoms with Crippen molar-refractivity contribution in [2.45, 2.75) is 33.3 Å². The Morgan fingerprint density at radius 3 is 2.38 bits per heavy atom. The van der Waals surface area contributed by atoms with Crippen molar-refractivity contribution in [3.8, 4) is 0 Å². The molecule has 0 aliphatic rings. The van der Waals surface area contributed by atoms with Crippen LogP contribution >= 0.6 is 0 Å². The first kappa shape index (κ1) is 15.1. The molecule has 0 amide bonds. The lowest BCUT2D eigenvalue weighted by molar-refractivity contribution is -0.136. The molecule has 0 saturated heterocycles. The van der Waals surface area contributed by atoms with Crippen molar-refractivity contribution < 1.29 is 19.0 Å². The fourth-order valence-corrected chi connectivity index (χ4v) is 0.918. The fraction of sp³-hybridized carbons (Fsp3) is 0.750. The van der Waals surface area contributed by atoms with Crippen LogP contribution in [0.1, 0.15) is 27.7 Å². The third kappa shape index (κ3) is 8.44. The maximum Gasteiger partial charge on any atom is 0.333 e. The summed E-state index contributed by atoms with van der Waals surface area (Å²) < 4.78 is 15.3. The van der Waals surface area contributed by atoms with Crippen molar-refractivity contribution in [3.05, 3.63) is 11.6 Å². The number of carbonyl (C=O) groups is 1. The zero-order chi connectivity index (χ0) is 12.6. The standard InChI is InChI=1S/C12H22O4/c1-10(11(13)14-5)6-7-15-8-9-16-12(2,3)4/h6H,7-9H2,1-5H3. The summed E-state index contributed by atoms with van der Waals surface area (Å²) in [5, 5.41) is 0. The van der Waals surface area contributed by atoms with Crippen LogP contribution in [0.25, 0.3) is 0 Å². The third-order valence-electron chi connectivity index (χ3n) is 1.78. The summed E-state index contributed by atoms with van der Waals surface area (Å²) in [5.41, 5.74) is 0.417. The van der Waals surface area contributed by atoms with Crippen molar-refractivity contribution in [1.82, 2.24) is 0 Å². The molecule has 0 spiro atoms. The zero-order valence-corrected chi connectivity index (χ0v) is 10.8. The topological polar surface area (TPSA) is 44.8 Å². The Kier molecular flexibility index (Phi) is 7.01. The Morgan fingerprint density at radius 1 is 1.25 bits per heavy atom. The van der Waals surface area contributed by atoms with Gasteiger partial charge in [0, 0.05) is 5.57 Å².